The minimum atomic E-state index is -0.606. The fraction of sp³-hybridized carbons (Fsp3) is 0.231. The number of aryl methyl sites for hydroxylation is 1. The third-order valence-electron chi connectivity index (χ3n) is 18.0. The van der Waals surface area contributed by atoms with Gasteiger partial charge in [-0.15, -0.1) is 0 Å². The average molecular weight is 1680 g/mol. The lowest BCUT2D eigenvalue weighted by molar-refractivity contribution is -0.122. The number of halogens is 4. The number of nitrogen functional groups attached to an aromatic ring is 1. The van der Waals surface area contributed by atoms with Crippen LogP contribution in [0.5, 0.6) is 46.0 Å². The molecule has 2 amide bonds. The molecule has 0 aromatic heterocycles. The van der Waals surface area contributed by atoms with Gasteiger partial charge >= 0.3 is 0 Å². The maximum Gasteiger partial charge on any atom is 0.250 e. The summed E-state index contributed by atoms with van der Waals surface area (Å²) in [5.41, 5.74) is 18.8. The van der Waals surface area contributed by atoms with E-state index in [-0.39, 0.29) is 127 Å². The Morgan fingerprint density at radius 3 is 0.703 bits per heavy atom. The van der Waals surface area contributed by atoms with Crippen molar-refractivity contribution in [1.82, 2.24) is 0 Å². The van der Waals surface area contributed by atoms with Crippen LogP contribution in [0.2, 0.25) is 0 Å². The third kappa shape index (κ3) is 29.2. The molecule has 0 bridgehead atoms. The molecule has 0 radical (unpaired) electrons. The van der Waals surface area contributed by atoms with Crippen LogP contribution in [0, 0.1) is 6.92 Å². The number of ketones is 4. The molecule has 23 nitrogen and oxygen atoms in total. The van der Waals surface area contributed by atoms with Crippen LogP contribution in [0.25, 0.3) is 0 Å². The number of Topliss-reactive ketones (excluding diaryl/α,β-unsaturated/α-hetero) is 4. The molecular weight excluding hydrogens is 1600 g/mol. The highest BCUT2D eigenvalue weighted by atomic mass is 35.5. The van der Waals surface area contributed by atoms with Crippen molar-refractivity contribution in [3.63, 3.8) is 0 Å². The van der Waals surface area contributed by atoms with Gasteiger partial charge in [0, 0.05) is 65.0 Å². The second-order valence-electron chi connectivity index (χ2n) is 26.9. The summed E-state index contributed by atoms with van der Waals surface area (Å²) in [6.07, 6.45) is 4.09. The number of amides is 2. The van der Waals surface area contributed by atoms with E-state index in [1.807, 2.05) is 128 Å². The van der Waals surface area contributed by atoms with Gasteiger partial charge < -0.3 is 63.7 Å². The molecule has 0 unspecified atom stereocenters. The lowest BCUT2D eigenvalue weighted by Gasteiger charge is -2.25. The molecule has 12 rings (SSSR count). The van der Waals surface area contributed by atoms with Crippen LogP contribution < -0.4 is 35.3 Å². The Kier molecular flexibility index (Phi) is 34.5. The van der Waals surface area contributed by atoms with Crippen LogP contribution in [-0.4, -0.2) is 135 Å². The van der Waals surface area contributed by atoms with Crippen molar-refractivity contribution < 1.29 is 95.3 Å². The van der Waals surface area contributed by atoms with Gasteiger partial charge in [0.15, 0.2) is 23.1 Å². The molecule has 2 aliphatic rings. The summed E-state index contributed by atoms with van der Waals surface area (Å²) >= 11 is 20.3. The summed E-state index contributed by atoms with van der Waals surface area (Å²) in [5.74, 6) is 4.54. The molecule has 0 fully saturated rings. The molecule has 0 saturated carbocycles. The first kappa shape index (κ1) is 88.8. The van der Waals surface area contributed by atoms with Crippen molar-refractivity contribution in [3.8, 4) is 46.0 Å². The number of nitrogens with two attached hydrogens (primary N) is 1. The van der Waals surface area contributed by atoms with Crippen molar-refractivity contribution in [2.75, 3.05) is 95.6 Å². The number of nitrogens with one attached hydrogen (secondary N) is 2. The fourth-order valence-corrected chi connectivity index (χ4v) is 12.4. The zero-order valence-corrected chi connectivity index (χ0v) is 67.2. The lowest BCUT2D eigenvalue weighted by Crippen LogP contribution is -2.21. The number of carbonyl (C=O) groups is 10. The van der Waals surface area contributed by atoms with Gasteiger partial charge in [-0.2, -0.15) is 0 Å². The van der Waals surface area contributed by atoms with Crippen molar-refractivity contribution in [2.24, 2.45) is 0 Å². The second-order valence-corrected chi connectivity index (χ2v) is 28.6. The molecule has 0 saturated heterocycles. The summed E-state index contributed by atoms with van der Waals surface area (Å²) in [6.45, 7) is 1.91. The molecule has 4 N–H and O–H groups in total. The predicted molar refractivity (Wildman–Crippen MR) is 446 cm³/mol. The highest BCUT2D eigenvalue weighted by Crippen LogP contribution is 2.36. The van der Waals surface area contributed by atoms with Crippen LogP contribution in [0.15, 0.2) is 218 Å². The Morgan fingerprint density at radius 1 is 0.280 bits per heavy atom. The van der Waals surface area contributed by atoms with E-state index in [2.05, 4.69) is 10.6 Å². The smallest absolute Gasteiger partial charge is 0.250 e. The van der Waals surface area contributed by atoms with E-state index in [1.54, 1.807) is 97.1 Å². The highest BCUT2D eigenvalue weighted by Gasteiger charge is 2.29. The zero-order valence-electron chi connectivity index (χ0n) is 64.2. The van der Waals surface area contributed by atoms with Gasteiger partial charge in [0.2, 0.25) is 32.8 Å². The average Bonchev–Trinajstić information content (AvgIpc) is 0.768. The molecular formula is C91H83Cl4N3O20. The van der Waals surface area contributed by atoms with Gasteiger partial charge in [-0.1, -0.05) is 90.5 Å². The standard InChI is InChI=1S/C48H44Cl2N2O12.C37H31NO4.C6H8Cl2O4/c49-45(55)27-59-21-23-61-29-47(57)51-33-5-13-37(14-6-33)63-35-9-1-31(2-10-35)25-43(53)41-19-20-42(40-18-17-39(40)41)44(54)26-32-3-11-36(12-4-32)64-38-15-7-34(8-16-38)52-48(58)30-62-24-22-60-28-46(50)56;1-24-2-10-28(11-3-24)41-29-12-4-25(5-13-29)22-36(39)34-20-21-35(33-19-18-32(33)34)37(40)23-26-6-14-30(15-7-26)42-31-16-8-27(38)9-17-31;7-5(9)3-11-1-2-12-4-6(8)10/h1-16,19-20H,17-18,21-30H2,(H,51,57)(H,52,58);2-17,20-21H,18-19,22-23,38H2,1H3;1-4H2. The molecule has 0 spiro atoms. The van der Waals surface area contributed by atoms with E-state index < -0.39 is 21.0 Å². The minimum Gasteiger partial charge on any atom is -0.457 e. The summed E-state index contributed by atoms with van der Waals surface area (Å²) in [6, 6.07) is 65.7. The minimum absolute atomic E-state index is 0.0235. The van der Waals surface area contributed by atoms with Gasteiger partial charge in [0.25, 0.3) is 0 Å². The molecule has 2 aliphatic carbocycles. The topological polar surface area (TPSA) is 313 Å². The Hall–Kier alpha value is -11.6. The Morgan fingerprint density at radius 2 is 0.483 bits per heavy atom. The van der Waals surface area contributed by atoms with Crippen LogP contribution in [0.3, 0.4) is 0 Å². The van der Waals surface area contributed by atoms with Gasteiger partial charge in [-0.05, 0) is 257 Å². The number of fused-ring (bicyclic) bond motifs is 2. The number of benzene rings is 10. The van der Waals surface area contributed by atoms with E-state index in [9.17, 15) is 47.9 Å². The molecule has 27 heteroatoms. The van der Waals surface area contributed by atoms with Gasteiger partial charge in [-0.25, -0.2) is 0 Å². The molecule has 10 aromatic carbocycles. The van der Waals surface area contributed by atoms with Crippen LogP contribution >= 0.6 is 46.4 Å². The van der Waals surface area contributed by atoms with Crippen LogP contribution in [0.1, 0.15) is 91.5 Å². The number of ether oxygens (including phenoxy) is 10. The van der Waals surface area contributed by atoms with E-state index in [0.717, 1.165) is 87.3 Å². The fourth-order valence-electron chi connectivity index (χ4n) is 12.1. The second kappa shape index (κ2) is 45.8. The van der Waals surface area contributed by atoms with Gasteiger partial charge in [0.05, 0.1) is 39.6 Å². The van der Waals surface area contributed by atoms with Crippen molar-refractivity contribution in [1.29, 1.82) is 0 Å². The molecule has 10 aromatic rings. The lowest BCUT2D eigenvalue weighted by atomic mass is 9.78. The Balaban J connectivity index is 0.000000231. The number of hydrogen-bond donors (Lipinski definition) is 3. The number of rotatable bonds is 43. The van der Waals surface area contributed by atoms with E-state index in [0.29, 0.717) is 81.1 Å². The molecule has 0 heterocycles. The summed E-state index contributed by atoms with van der Waals surface area (Å²) < 4.78 is 53.5. The molecule has 118 heavy (non-hydrogen) atoms. The van der Waals surface area contributed by atoms with Crippen molar-refractivity contribution in [2.45, 2.75) is 58.3 Å². The van der Waals surface area contributed by atoms with Crippen LogP contribution in [0.4, 0.5) is 17.1 Å². The zero-order chi connectivity index (χ0) is 83.7. The first-order chi connectivity index (χ1) is 57.0. The quantitative estimate of drug-likeness (QED) is 0.0138. The first-order valence-electron chi connectivity index (χ1n) is 37.4. The molecule has 0 atom stereocenters. The Labute approximate surface area is 701 Å². The third-order valence-corrected chi connectivity index (χ3v) is 18.5. The van der Waals surface area contributed by atoms with Gasteiger partial charge in [-0.3, -0.25) is 47.9 Å². The largest absolute Gasteiger partial charge is 0.457 e. The normalized spacial score (nSPS) is 11.4. The van der Waals surface area contributed by atoms with Gasteiger partial charge in [0.1, 0.15) is 85.6 Å². The van der Waals surface area contributed by atoms with Crippen molar-refractivity contribution >= 4 is 119 Å². The highest BCUT2D eigenvalue weighted by molar-refractivity contribution is 6.64. The first-order valence-corrected chi connectivity index (χ1v) is 39.0. The summed E-state index contributed by atoms with van der Waals surface area (Å²) in [5, 5.41) is 3.11. The predicted octanol–water partition coefficient (Wildman–Crippen LogP) is 16.4. The molecule has 610 valence electrons. The van der Waals surface area contributed by atoms with E-state index in [4.69, 9.17) is 99.5 Å². The van der Waals surface area contributed by atoms with E-state index >= 15 is 0 Å². The van der Waals surface area contributed by atoms with E-state index in [1.165, 1.54) is 5.56 Å². The summed E-state index contributed by atoms with van der Waals surface area (Å²) in [7, 11) is 0. The maximum absolute atomic E-state index is 13.5. The maximum atomic E-state index is 13.5. The molecule has 0 aliphatic heterocycles. The summed E-state index contributed by atoms with van der Waals surface area (Å²) in [4.78, 5) is 119. The number of carbonyl (C=O) groups excluding carboxylic acids is 10. The Bertz CT molecular complexity index is 4810. The van der Waals surface area contributed by atoms with Crippen LogP contribution in [-0.2, 0) is 109 Å². The number of hydrogen-bond acceptors (Lipinski definition) is 21. The number of anilines is 3. The van der Waals surface area contributed by atoms with Crippen molar-refractivity contribution in [3.05, 3.63) is 291 Å². The monoisotopic (exact) mass is 1680 g/mol. The SMILES string of the molecule is Cc1ccc(Oc2ccc(CC(=O)c3ccc(C(=O)Cc4ccc(Oc5ccc(N)cc5)cc4)c4c3CC4)cc2)cc1.O=C(Cl)COCCOCC(=O)Cl.O=C(Cl)COCCOCC(=O)Nc1ccc(Oc2ccc(CC(=O)c3ccc(C(=O)Cc4ccc(Oc5ccc(NC(=O)COCCOCC(=O)Cl)cc5)cc4)c4c3CC4)cc2)cc1.